The number of hydrogen-bond donors (Lipinski definition) is 1. The summed E-state index contributed by atoms with van der Waals surface area (Å²) in [7, 11) is 0. The second-order valence-electron chi connectivity index (χ2n) is 8.05. The Balaban J connectivity index is 1.44. The Morgan fingerprint density at radius 2 is 1.62 bits per heavy atom. The fraction of sp³-hybridized carbons (Fsp3) is 0.619. The minimum Gasteiger partial charge on any atom is -0.343 e. The van der Waals surface area contributed by atoms with Gasteiger partial charge in [-0.3, -0.25) is 9.59 Å². The largest absolute Gasteiger partial charge is 0.343 e. The second-order valence-corrected chi connectivity index (χ2v) is 8.05. The van der Waals surface area contributed by atoms with E-state index in [1.807, 2.05) is 11.0 Å². The van der Waals surface area contributed by atoms with Gasteiger partial charge in [-0.1, -0.05) is 6.07 Å². The molecule has 5 heteroatoms. The van der Waals surface area contributed by atoms with Gasteiger partial charge in [0.15, 0.2) is 0 Å². The molecule has 2 amide bonds. The summed E-state index contributed by atoms with van der Waals surface area (Å²) in [4.78, 5) is 28.7. The third-order valence-electron chi connectivity index (χ3n) is 6.44. The van der Waals surface area contributed by atoms with E-state index in [2.05, 4.69) is 22.3 Å². The lowest BCUT2D eigenvalue weighted by atomic mass is 9.92. The molecule has 0 unspecified atom stereocenters. The van der Waals surface area contributed by atoms with Crippen molar-refractivity contribution in [2.24, 2.45) is 11.8 Å². The SMILES string of the molecule is CC(=O)N1CC[C@@H]2CN(C(=O)c3ccc4c(c3)CCNCC4)C[C@@H]2CC1. The third-order valence-corrected chi connectivity index (χ3v) is 6.44. The Bertz CT molecular complexity index is 686. The first-order valence-corrected chi connectivity index (χ1v) is 9.99. The van der Waals surface area contributed by atoms with Crippen molar-refractivity contribution in [1.82, 2.24) is 15.1 Å². The summed E-state index contributed by atoms with van der Waals surface area (Å²) in [6, 6.07) is 6.28. The molecule has 26 heavy (non-hydrogen) atoms. The van der Waals surface area contributed by atoms with Gasteiger partial charge in [0.1, 0.15) is 0 Å². The van der Waals surface area contributed by atoms with Crippen molar-refractivity contribution in [2.75, 3.05) is 39.3 Å². The van der Waals surface area contributed by atoms with Crippen molar-refractivity contribution in [3.05, 3.63) is 34.9 Å². The summed E-state index contributed by atoms with van der Waals surface area (Å²) in [5.74, 6) is 1.43. The Morgan fingerprint density at radius 3 is 2.27 bits per heavy atom. The highest BCUT2D eigenvalue weighted by molar-refractivity contribution is 5.94. The standard InChI is InChI=1S/C21H29N3O2/c1-15(25)23-10-6-19-13-24(14-20(19)7-11-23)21(26)18-3-2-16-4-8-22-9-5-17(16)12-18/h2-3,12,19-20,22H,4-11,13-14H2,1H3/t19-,20+. The number of fused-ring (bicyclic) bond motifs is 2. The van der Waals surface area contributed by atoms with Gasteiger partial charge in [0.25, 0.3) is 5.91 Å². The van der Waals surface area contributed by atoms with E-state index in [1.165, 1.54) is 11.1 Å². The van der Waals surface area contributed by atoms with Gasteiger partial charge in [-0.15, -0.1) is 0 Å². The molecule has 1 N–H and O–H groups in total. The maximum absolute atomic E-state index is 13.1. The summed E-state index contributed by atoms with van der Waals surface area (Å²) >= 11 is 0. The van der Waals surface area contributed by atoms with Gasteiger partial charge in [-0.25, -0.2) is 0 Å². The van der Waals surface area contributed by atoms with Crippen LogP contribution >= 0.6 is 0 Å². The Hall–Kier alpha value is -1.88. The molecule has 2 fully saturated rings. The summed E-state index contributed by atoms with van der Waals surface area (Å²) in [5.41, 5.74) is 3.54. The van der Waals surface area contributed by atoms with Crippen LogP contribution < -0.4 is 5.32 Å². The predicted molar refractivity (Wildman–Crippen MR) is 101 cm³/mol. The van der Waals surface area contributed by atoms with Crippen LogP contribution in [0.25, 0.3) is 0 Å². The molecule has 0 radical (unpaired) electrons. The smallest absolute Gasteiger partial charge is 0.253 e. The van der Waals surface area contributed by atoms with Crippen LogP contribution in [0.1, 0.15) is 41.3 Å². The van der Waals surface area contributed by atoms with Crippen LogP contribution in [0.2, 0.25) is 0 Å². The summed E-state index contributed by atoms with van der Waals surface area (Å²) in [5, 5.41) is 3.43. The van der Waals surface area contributed by atoms with Crippen molar-refractivity contribution in [1.29, 1.82) is 0 Å². The number of rotatable bonds is 1. The molecular formula is C21H29N3O2. The summed E-state index contributed by atoms with van der Waals surface area (Å²) in [6.07, 6.45) is 4.08. The van der Waals surface area contributed by atoms with Gasteiger partial charge in [-0.05, 0) is 73.9 Å². The van der Waals surface area contributed by atoms with Crippen LogP contribution in [0.3, 0.4) is 0 Å². The number of nitrogens with one attached hydrogen (secondary N) is 1. The summed E-state index contributed by atoms with van der Waals surface area (Å²) in [6.45, 7) is 7.03. The highest BCUT2D eigenvalue weighted by Crippen LogP contribution is 2.32. The van der Waals surface area contributed by atoms with Crippen molar-refractivity contribution in [3.63, 3.8) is 0 Å². The molecule has 1 aromatic rings. The number of nitrogens with zero attached hydrogens (tertiary/aromatic N) is 2. The predicted octanol–water partition coefficient (Wildman–Crippen LogP) is 1.71. The minimum absolute atomic E-state index is 0.178. The number of likely N-dealkylation sites (tertiary alicyclic amines) is 2. The van der Waals surface area contributed by atoms with E-state index in [0.717, 1.165) is 70.5 Å². The first kappa shape index (κ1) is 17.5. The molecule has 2 saturated heterocycles. The molecule has 3 heterocycles. The Kier molecular flexibility index (Phi) is 4.98. The lowest BCUT2D eigenvalue weighted by Gasteiger charge is -2.21. The van der Waals surface area contributed by atoms with Crippen LogP contribution in [0.4, 0.5) is 0 Å². The second kappa shape index (κ2) is 7.39. The lowest BCUT2D eigenvalue weighted by Crippen LogP contribution is -2.33. The quantitative estimate of drug-likeness (QED) is 0.834. The molecule has 0 bridgehead atoms. The number of hydrogen-bond acceptors (Lipinski definition) is 3. The average molecular weight is 355 g/mol. The van der Waals surface area contributed by atoms with Crippen LogP contribution in [0.5, 0.6) is 0 Å². The van der Waals surface area contributed by atoms with E-state index in [9.17, 15) is 9.59 Å². The van der Waals surface area contributed by atoms with E-state index in [-0.39, 0.29) is 11.8 Å². The van der Waals surface area contributed by atoms with Gasteiger partial charge in [-0.2, -0.15) is 0 Å². The Labute approximate surface area is 155 Å². The van der Waals surface area contributed by atoms with Gasteiger partial charge in [0.2, 0.25) is 5.91 Å². The molecule has 3 aliphatic rings. The van der Waals surface area contributed by atoms with Crippen LogP contribution in [-0.4, -0.2) is 60.9 Å². The van der Waals surface area contributed by atoms with Crippen LogP contribution in [0, 0.1) is 11.8 Å². The van der Waals surface area contributed by atoms with E-state index in [4.69, 9.17) is 0 Å². The first-order chi connectivity index (χ1) is 12.6. The molecule has 0 spiro atoms. The maximum atomic E-state index is 13.1. The van der Waals surface area contributed by atoms with Crippen molar-refractivity contribution in [2.45, 2.75) is 32.6 Å². The fourth-order valence-electron chi connectivity index (χ4n) is 4.82. The molecule has 1 aromatic carbocycles. The molecule has 140 valence electrons. The van der Waals surface area contributed by atoms with E-state index in [1.54, 1.807) is 6.92 Å². The lowest BCUT2D eigenvalue weighted by molar-refractivity contribution is -0.128. The number of benzene rings is 1. The topological polar surface area (TPSA) is 52.7 Å². The van der Waals surface area contributed by atoms with Gasteiger partial charge >= 0.3 is 0 Å². The van der Waals surface area contributed by atoms with Gasteiger partial charge < -0.3 is 15.1 Å². The highest BCUT2D eigenvalue weighted by atomic mass is 16.2. The normalized spacial score (nSPS) is 25.9. The molecule has 0 aliphatic carbocycles. The molecule has 4 rings (SSSR count). The van der Waals surface area contributed by atoms with Crippen LogP contribution in [0.15, 0.2) is 18.2 Å². The van der Waals surface area contributed by atoms with Crippen molar-refractivity contribution < 1.29 is 9.59 Å². The van der Waals surface area contributed by atoms with Crippen molar-refractivity contribution >= 4 is 11.8 Å². The molecular weight excluding hydrogens is 326 g/mol. The van der Waals surface area contributed by atoms with E-state index >= 15 is 0 Å². The highest BCUT2D eigenvalue weighted by Gasteiger charge is 2.37. The van der Waals surface area contributed by atoms with Crippen LogP contribution in [-0.2, 0) is 17.6 Å². The van der Waals surface area contributed by atoms with Crippen molar-refractivity contribution in [3.8, 4) is 0 Å². The molecule has 3 aliphatic heterocycles. The van der Waals surface area contributed by atoms with E-state index < -0.39 is 0 Å². The zero-order valence-corrected chi connectivity index (χ0v) is 15.7. The first-order valence-electron chi connectivity index (χ1n) is 9.99. The molecule has 0 aromatic heterocycles. The van der Waals surface area contributed by atoms with Gasteiger partial charge in [0.05, 0.1) is 0 Å². The summed E-state index contributed by atoms with van der Waals surface area (Å²) < 4.78 is 0. The number of carbonyl (C=O) groups excluding carboxylic acids is 2. The fourth-order valence-corrected chi connectivity index (χ4v) is 4.82. The maximum Gasteiger partial charge on any atom is 0.253 e. The Morgan fingerprint density at radius 1 is 0.962 bits per heavy atom. The van der Waals surface area contributed by atoms with Gasteiger partial charge in [0, 0.05) is 38.7 Å². The molecule has 2 atom stereocenters. The average Bonchev–Trinajstić information content (AvgIpc) is 2.80. The monoisotopic (exact) mass is 355 g/mol. The number of amides is 2. The van der Waals surface area contributed by atoms with E-state index in [0.29, 0.717) is 11.8 Å². The number of carbonyl (C=O) groups is 2. The zero-order chi connectivity index (χ0) is 18.1. The minimum atomic E-state index is 0.178. The third kappa shape index (κ3) is 3.50. The molecule has 5 nitrogen and oxygen atoms in total. The molecule has 0 saturated carbocycles. The zero-order valence-electron chi connectivity index (χ0n) is 15.7.